The van der Waals surface area contributed by atoms with Gasteiger partial charge in [-0.3, -0.25) is 0 Å². The fourth-order valence-corrected chi connectivity index (χ4v) is 0.512. The molecule has 0 fully saturated rings. The molecule has 0 aliphatic rings. The van der Waals surface area contributed by atoms with E-state index < -0.39 is 0 Å². The molecule has 0 spiro atoms. The van der Waals surface area contributed by atoms with Gasteiger partial charge >= 0.3 is 0 Å². The van der Waals surface area contributed by atoms with Crippen molar-refractivity contribution in [2.45, 2.75) is 13.3 Å². The number of hydrogen-bond acceptors (Lipinski definition) is 1. The first kappa shape index (κ1) is 8.44. The monoisotopic (exact) mass is 125 g/mol. The van der Waals surface area contributed by atoms with Crippen LogP contribution < -0.4 is 5.32 Å². The number of nitrogens with one attached hydrogen (secondary N) is 1. The smallest absolute Gasteiger partial charge is 0.00172 e. The Kier molecular flexibility index (Phi) is 5.23. The van der Waals surface area contributed by atoms with E-state index in [4.69, 9.17) is 0 Å². The Balaban J connectivity index is 3.15. The molecule has 0 saturated carbocycles. The fourth-order valence-electron chi connectivity index (χ4n) is 0.512. The Labute approximate surface area is 57.5 Å². The second kappa shape index (κ2) is 5.57. The summed E-state index contributed by atoms with van der Waals surface area (Å²) in [6.07, 6.45) is 5.25. The first-order chi connectivity index (χ1) is 4.27. The molecule has 1 heteroatoms. The normalized spacial score (nSPS) is 10.4. The summed E-state index contributed by atoms with van der Waals surface area (Å²) >= 11 is 0. The summed E-state index contributed by atoms with van der Waals surface area (Å²) in [5.41, 5.74) is 1.12. The maximum Gasteiger partial charge on any atom is -0.00172 e. The molecule has 0 aliphatic carbocycles. The van der Waals surface area contributed by atoms with Crippen molar-refractivity contribution >= 4 is 0 Å². The van der Waals surface area contributed by atoms with E-state index in [1.54, 1.807) is 0 Å². The maximum atomic E-state index is 3.75. The molecular weight excluding hydrogens is 110 g/mol. The Hall–Kier alpha value is -0.560. The molecule has 0 saturated heterocycles. The molecule has 0 radical (unpaired) electrons. The SMILES string of the molecule is C=C(C)C=CCCNC. The van der Waals surface area contributed by atoms with E-state index >= 15 is 0 Å². The van der Waals surface area contributed by atoms with Gasteiger partial charge in [0.05, 0.1) is 0 Å². The first-order valence-electron chi connectivity index (χ1n) is 3.24. The van der Waals surface area contributed by atoms with Gasteiger partial charge in [0, 0.05) is 0 Å². The van der Waals surface area contributed by atoms with Gasteiger partial charge in [0.15, 0.2) is 0 Å². The highest BCUT2D eigenvalue weighted by molar-refractivity contribution is 5.10. The van der Waals surface area contributed by atoms with Crippen molar-refractivity contribution in [2.75, 3.05) is 13.6 Å². The van der Waals surface area contributed by atoms with Crippen molar-refractivity contribution in [2.24, 2.45) is 0 Å². The number of hydrogen-bond donors (Lipinski definition) is 1. The lowest BCUT2D eigenvalue weighted by Gasteiger charge is -1.90. The molecule has 0 aliphatic heterocycles. The Morgan fingerprint density at radius 1 is 1.67 bits per heavy atom. The molecular formula is C8H15N. The molecule has 52 valence electrons. The van der Waals surface area contributed by atoms with Crippen molar-refractivity contribution in [3.05, 3.63) is 24.3 Å². The zero-order valence-electron chi connectivity index (χ0n) is 6.28. The van der Waals surface area contributed by atoms with Crippen LogP contribution in [0.25, 0.3) is 0 Å². The summed E-state index contributed by atoms with van der Waals surface area (Å²) in [4.78, 5) is 0. The van der Waals surface area contributed by atoms with Crippen LogP contribution in [0.4, 0.5) is 0 Å². The van der Waals surface area contributed by atoms with Gasteiger partial charge in [-0.25, -0.2) is 0 Å². The Morgan fingerprint density at radius 3 is 2.78 bits per heavy atom. The average molecular weight is 125 g/mol. The predicted octanol–water partition coefficient (Wildman–Crippen LogP) is 1.73. The van der Waals surface area contributed by atoms with E-state index in [2.05, 4.69) is 18.0 Å². The molecule has 0 bridgehead atoms. The minimum absolute atomic E-state index is 1.05. The van der Waals surface area contributed by atoms with Gasteiger partial charge in [-0.1, -0.05) is 24.3 Å². The zero-order chi connectivity index (χ0) is 7.11. The lowest BCUT2D eigenvalue weighted by molar-refractivity contribution is 0.807. The van der Waals surface area contributed by atoms with E-state index in [1.165, 1.54) is 0 Å². The van der Waals surface area contributed by atoms with Crippen LogP contribution in [0.1, 0.15) is 13.3 Å². The topological polar surface area (TPSA) is 12.0 Å². The van der Waals surface area contributed by atoms with Crippen LogP contribution in [0, 0.1) is 0 Å². The summed E-state index contributed by atoms with van der Waals surface area (Å²) in [5.74, 6) is 0. The number of allylic oxidation sites excluding steroid dienone is 2. The summed E-state index contributed by atoms with van der Waals surface area (Å²) in [6.45, 7) is 6.79. The quantitative estimate of drug-likeness (QED) is 0.445. The van der Waals surface area contributed by atoms with E-state index in [-0.39, 0.29) is 0 Å². The van der Waals surface area contributed by atoms with Crippen LogP contribution in [0.15, 0.2) is 24.3 Å². The highest BCUT2D eigenvalue weighted by atomic mass is 14.8. The zero-order valence-corrected chi connectivity index (χ0v) is 6.28. The molecule has 0 unspecified atom stereocenters. The first-order valence-corrected chi connectivity index (χ1v) is 3.24. The van der Waals surface area contributed by atoms with E-state index in [9.17, 15) is 0 Å². The van der Waals surface area contributed by atoms with Gasteiger partial charge in [0.25, 0.3) is 0 Å². The van der Waals surface area contributed by atoms with Gasteiger partial charge in [0.2, 0.25) is 0 Å². The predicted molar refractivity (Wildman–Crippen MR) is 42.5 cm³/mol. The van der Waals surface area contributed by atoms with Crippen molar-refractivity contribution in [3.63, 3.8) is 0 Å². The van der Waals surface area contributed by atoms with Crippen LogP contribution in [-0.2, 0) is 0 Å². The van der Waals surface area contributed by atoms with E-state index in [1.807, 2.05) is 20.0 Å². The van der Waals surface area contributed by atoms with Crippen molar-refractivity contribution in [1.29, 1.82) is 0 Å². The Bertz CT molecular complexity index is 103. The molecule has 0 rings (SSSR count). The van der Waals surface area contributed by atoms with E-state index in [0.29, 0.717) is 0 Å². The molecule has 0 aromatic rings. The standard InChI is InChI=1S/C8H15N/c1-8(2)6-4-5-7-9-3/h4,6,9H,1,5,7H2,2-3H3. The highest BCUT2D eigenvalue weighted by Gasteiger charge is 1.75. The maximum absolute atomic E-state index is 3.75. The summed E-state index contributed by atoms with van der Waals surface area (Å²) in [7, 11) is 1.95. The van der Waals surface area contributed by atoms with Crippen LogP contribution in [-0.4, -0.2) is 13.6 Å². The minimum atomic E-state index is 1.05. The van der Waals surface area contributed by atoms with Gasteiger partial charge in [-0.15, -0.1) is 0 Å². The lowest BCUT2D eigenvalue weighted by atomic mass is 10.3. The van der Waals surface area contributed by atoms with Crippen molar-refractivity contribution in [1.82, 2.24) is 5.32 Å². The Morgan fingerprint density at radius 2 is 2.33 bits per heavy atom. The van der Waals surface area contributed by atoms with Gasteiger partial charge < -0.3 is 5.32 Å². The molecule has 0 aromatic heterocycles. The minimum Gasteiger partial charge on any atom is -0.319 e. The highest BCUT2D eigenvalue weighted by Crippen LogP contribution is 1.89. The molecule has 0 heterocycles. The van der Waals surface area contributed by atoms with Crippen molar-refractivity contribution < 1.29 is 0 Å². The molecule has 0 amide bonds. The second-order valence-corrected chi connectivity index (χ2v) is 2.14. The second-order valence-electron chi connectivity index (χ2n) is 2.14. The van der Waals surface area contributed by atoms with Gasteiger partial charge in [-0.05, 0) is 26.9 Å². The lowest BCUT2D eigenvalue weighted by Crippen LogP contribution is -2.05. The molecule has 0 atom stereocenters. The summed E-state index contributed by atoms with van der Waals surface area (Å²) < 4.78 is 0. The van der Waals surface area contributed by atoms with E-state index in [0.717, 1.165) is 18.5 Å². The van der Waals surface area contributed by atoms with Crippen LogP contribution in [0.3, 0.4) is 0 Å². The molecule has 1 N–H and O–H groups in total. The number of rotatable bonds is 4. The molecule has 9 heavy (non-hydrogen) atoms. The average Bonchev–Trinajstić information content (AvgIpc) is 1.80. The fraction of sp³-hybridized carbons (Fsp3) is 0.500. The van der Waals surface area contributed by atoms with Gasteiger partial charge in [0.1, 0.15) is 0 Å². The molecule has 0 aromatic carbocycles. The third-order valence-electron chi connectivity index (χ3n) is 0.963. The largest absolute Gasteiger partial charge is 0.319 e. The van der Waals surface area contributed by atoms with Crippen LogP contribution >= 0.6 is 0 Å². The van der Waals surface area contributed by atoms with Crippen LogP contribution in [0.5, 0.6) is 0 Å². The van der Waals surface area contributed by atoms with Gasteiger partial charge in [-0.2, -0.15) is 0 Å². The van der Waals surface area contributed by atoms with Crippen molar-refractivity contribution in [3.8, 4) is 0 Å². The summed E-state index contributed by atoms with van der Waals surface area (Å²) in [6, 6.07) is 0. The molecule has 1 nitrogen and oxygen atoms in total. The van der Waals surface area contributed by atoms with Crippen LogP contribution in [0.2, 0.25) is 0 Å². The summed E-state index contributed by atoms with van der Waals surface area (Å²) in [5, 5.41) is 3.06. The third-order valence-corrected chi connectivity index (χ3v) is 0.963. The third kappa shape index (κ3) is 7.44.